The molecule has 1 unspecified atom stereocenters. The Morgan fingerprint density at radius 2 is 2.31 bits per heavy atom. The van der Waals surface area contributed by atoms with Crippen LogP contribution in [0.5, 0.6) is 5.75 Å². The molecule has 1 aliphatic heterocycles. The minimum Gasteiger partial charge on any atom is -0.485 e. The predicted molar refractivity (Wildman–Crippen MR) is 50.8 cm³/mol. The number of hydrogen-bond acceptors (Lipinski definition) is 2. The maximum absolute atomic E-state index is 11.3. The smallest absolute Gasteiger partial charge is 0.258 e. The molecule has 0 aromatic carbocycles. The van der Waals surface area contributed by atoms with Crippen LogP contribution in [0.3, 0.4) is 0 Å². The van der Waals surface area contributed by atoms with Gasteiger partial charge in [-0.3, -0.25) is 4.79 Å². The van der Waals surface area contributed by atoms with Crippen LogP contribution in [-0.2, 0) is 0 Å². The molecule has 0 spiro atoms. The van der Waals surface area contributed by atoms with Crippen molar-refractivity contribution in [1.82, 2.24) is 4.98 Å². The van der Waals surface area contributed by atoms with E-state index in [-0.39, 0.29) is 11.7 Å². The third-order valence-corrected chi connectivity index (χ3v) is 2.28. The minimum absolute atomic E-state index is 0.0642. The average molecular weight is 177 g/mol. The van der Waals surface area contributed by atoms with Gasteiger partial charge in [0, 0.05) is 6.20 Å². The van der Waals surface area contributed by atoms with Crippen molar-refractivity contribution in [3.8, 4) is 5.75 Å². The summed E-state index contributed by atoms with van der Waals surface area (Å²) < 4.78 is 5.54. The van der Waals surface area contributed by atoms with Gasteiger partial charge in [0.15, 0.2) is 0 Å². The molecule has 0 radical (unpaired) electrons. The Kier molecular flexibility index (Phi) is 1.72. The number of ether oxygens (including phenoxy) is 1. The van der Waals surface area contributed by atoms with Crippen LogP contribution in [0, 0.1) is 0 Å². The third-order valence-electron chi connectivity index (χ3n) is 2.28. The number of aromatic amines is 1. The predicted octanol–water partition coefficient (Wildman–Crippen LogP) is 1.56. The summed E-state index contributed by atoms with van der Waals surface area (Å²) in [6.45, 7) is 3.93. The highest BCUT2D eigenvalue weighted by Crippen LogP contribution is 2.25. The van der Waals surface area contributed by atoms with Gasteiger partial charge < -0.3 is 9.72 Å². The molecule has 0 aliphatic carbocycles. The van der Waals surface area contributed by atoms with Crippen molar-refractivity contribution in [3.63, 3.8) is 0 Å². The first-order valence-electron chi connectivity index (χ1n) is 4.25. The van der Waals surface area contributed by atoms with Crippen LogP contribution in [0.1, 0.15) is 19.4 Å². The molecule has 3 nitrogen and oxygen atoms in total. The van der Waals surface area contributed by atoms with E-state index in [4.69, 9.17) is 4.74 Å². The molecule has 0 amide bonds. The molecule has 1 atom stereocenters. The van der Waals surface area contributed by atoms with Crippen molar-refractivity contribution in [2.24, 2.45) is 0 Å². The molecule has 1 aromatic heterocycles. The van der Waals surface area contributed by atoms with Gasteiger partial charge in [0.2, 0.25) is 0 Å². The summed E-state index contributed by atoms with van der Waals surface area (Å²) in [5, 5.41) is 0. The van der Waals surface area contributed by atoms with E-state index in [0.717, 1.165) is 5.57 Å². The Bertz CT molecular complexity index is 417. The maximum atomic E-state index is 11.3. The maximum Gasteiger partial charge on any atom is 0.258 e. The van der Waals surface area contributed by atoms with Gasteiger partial charge in [-0.15, -0.1) is 0 Å². The molecular weight excluding hydrogens is 166 g/mol. The van der Waals surface area contributed by atoms with Gasteiger partial charge in [-0.2, -0.15) is 0 Å². The summed E-state index contributed by atoms with van der Waals surface area (Å²) in [7, 11) is 0. The van der Waals surface area contributed by atoms with Crippen molar-refractivity contribution >= 4 is 6.08 Å². The lowest BCUT2D eigenvalue weighted by Gasteiger charge is -2.21. The molecule has 2 rings (SSSR count). The van der Waals surface area contributed by atoms with Crippen LogP contribution in [0.15, 0.2) is 22.6 Å². The van der Waals surface area contributed by atoms with Gasteiger partial charge >= 0.3 is 0 Å². The second-order valence-corrected chi connectivity index (χ2v) is 3.23. The van der Waals surface area contributed by atoms with Crippen molar-refractivity contribution in [1.29, 1.82) is 0 Å². The quantitative estimate of drug-likeness (QED) is 0.653. The molecule has 0 fully saturated rings. The van der Waals surface area contributed by atoms with E-state index in [1.54, 1.807) is 12.3 Å². The first-order valence-corrected chi connectivity index (χ1v) is 4.25. The van der Waals surface area contributed by atoms with Crippen LogP contribution in [0.4, 0.5) is 0 Å². The first kappa shape index (κ1) is 8.10. The van der Waals surface area contributed by atoms with Crippen LogP contribution in [-0.4, -0.2) is 11.1 Å². The fourth-order valence-electron chi connectivity index (χ4n) is 1.34. The molecule has 68 valence electrons. The fraction of sp³-hybridized carbons (Fsp3) is 0.300. The zero-order chi connectivity index (χ0) is 9.42. The highest BCUT2D eigenvalue weighted by Gasteiger charge is 2.16. The van der Waals surface area contributed by atoms with Gasteiger partial charge in [0.05, 0.1) is 5.56 Å². The lowest BCUT2D eigenvalue weighted by Crippen LogP contribution is -2.21. The Balaban J connectivity index is 2.63. The number of fused-ring (bicyclic) bond motifs is 1. The zero-order valence-corrected chi connectivity index (χ0v) is 7.63. The summed E-state index contributed by atoms with van der Waals surface area (Å²) in [5.41, 5.74) is 1.60. The lowest BCUT2D eigenvalue weighted by atomic mass is 10.1. The summed E-state index contributed by atoms with van der Waals surface area (Å²) in [4.78, 5) is 14.0. The fourth-order valence-corrected chi connectivity index (χ4v) is 1.34. The molecule has 3 heteroatoms. The first-order chi connectivity index (χ1) is 6.18. The molecule has 0 saturated heterocycles. The zero-order valence-electron chi connectivity index (χ0n) is 7.63. The Morgan fingerprint density at radius 1 is 1.54 bits per heavy atom. The van der Waals surface area contributed by atoms with Crippen LogP contribution in [0.2, 0.25) is 0 Å². The average Bonchev–Trinajstić information content (AvgIpc) is 2.09. The Hall–Kier alpha value is -1.51. The van der Waals surface area contributed by atoms with Gasteiger partial charge in [-0.25, -0.2) is 0 Å². The van der Waals surface area contributed by atoms with Crippen molar-refractivity contribution in [3.05, 3.63) is 33.8 Å². The van der Waals surface area contributed by atoms with E-state index < -0.39 is 0 Å². The van der Waals surface area contributed by atoms with Gasteiger partial charge in [-0.1, -0.05) is 0 Å². The lowest BCUT2D eigenvalue weighted by molar-refractivity contribution is 0.253. The van der Waals surface area contributed by atoms with E-state index in [0.29, 0.717) is 11.3 Å². The monoisotopic (exact) mass is 177 g/mol. The SMILES string of the molecule is CC1=Cc2c(cc[nH]c2=O)OC1C. The summed E-state index contributed by atoms with van der Waals surface area (Å²) >= 11 is 0. The number of aromatic nitrogens is 1. The molecule has 2 heterocycles. The van der Waals surface area contributed by atoms with Crippen LogP contribution in [0.25, 0.3) is 6.08 Å². The number of H-pyrrole nitrogens is 1. The summed E-state index contributed by atoms with van der Waals surface area (Å²) in [6, 6.07) is 1.77. The van der Waals surface area contributed by atoms with Crippen LogP contribution >= 0.6 is 0 Å². The van der Waals surface area contributed by atoms with Crippen molar-refractivity contribution in [2.75, 3.05) is 0 Å². The van der Waals surface area contributed by atoms with Gasteiger partial charge in [0.1, 0.15) is 11.9 Å². The molecule has 1 N–H and O–H groups in total. The largest absolute Gasteiger partial charge is 0.485 e. The number of pyridine rings is 1. The normalized spacial score (nSPS) is 20.2. The number of rotatable bonds is 0. The Labute approximate surface area is 76.1 Å². The summed E-state index contributed by atoms with van der Waals surface area (Å²) in [6.07, 6.45) is 3.54. The van der Waals surface area contributed by atoms with Crippen molar-refractivity contribution in [2.45, 2.75) is 20.0 Å². The van der Waals surface area contributed by atoms with E-state index >= 15 is 0 Å². The third kappa shape index (κ3) is 1.26. The standard InChI is InChI=1S/C10H11NO2/c1-6-5-8-9(13-7(6)2)3-4-11-10(8)12/h3-5,7H,1-2H3,(H,11,12). The second kappa shape index (κ2) is 2.76. The van der Waals surface area contributed by atoms with E-state index in [1.807, 2.05) is 19.9 Å². The van der Waals surface area contributed by atoms with Gasteiger partial charge in [0.25, 0.3) is 5.56 Å². The van der Waals surface area contributed by atoms with Crippen molar-refractivity contribution < 1.29 is 4.74 Å². The van der Waals surface area contributed by atoms with E-state index in [9.17, 15) is 4.79 Å². The highest BCUT2D eigenvalue weighted by molar-refractivity contribution is 5.61. The summed E-state index contributed by atoms with van der Waals surface area (Å²) in [5.74, 6) is 0.668. The van der Waals surface area contributed by atoms with E-state index in [2.05, 4.69) is 4.98 Å². The highest BCUT2D eigenvalue weighted by atomic mass is 16.5. The minimum atomic E-state index is -0.0937. The van der Waals surface area contributed by atoms with E-state index in [1.165, 1.54) is 0 Å². The Morgan fingerprint density at radius 3 is 3.08 bits per heavy atom. The molecule has 1 aromatic rings. The number of nitrogens with one attached hydrogen (secondary N) is 1. The second-order valence-electron chi connectivity index (χ2n) is 3.23. The van der Waals surface area contributed by atoms with Gasteiger partial charge in [-0.05, 0) is 31.6 Å². The molecule has 0 saturated carbocycles. The number of hydrogen-bond donors (Lipinski definition) is 1. The molecule has 0 bridgehead atoms. The molecule has 1 aliphatic rings. The topological polar surface area (TPSA) is 42.1 Å². The molecular formula is C10H11NO2. The van der Waals surface area contributed by atoms with Crippen LogP contribution < -0.4 is 10.3 Å². The molecule has 13 heavy (non-hydrogen) atoms.